The molecule has 0 saturated heterocycles. The molecule has 1 unspecified atom stereocenters. The molecule has 6 heteroatoms. The first-order valence-corrected chi connectivity index (χ1v) is 19.8. The first-order chi connectivity index (χ1) is 22.5. The van der Waals surface area contributed by atoms with Gasteiger partial charge < -0.3 is 14.4 Å². The second-order valence-electron chi connectivity index (χ2n) is 13.7. The Kier molecular flexibility index (Phi) is 40.1. The molecule has 0 aromatic heterocycles. The number of unbranched alkanes of at least 4 members (excludes halogenated alkanes) is 22. The average Bonchev–Trinajstić information content (AvgIpc) is 3.03. The number of likely N-dealkylation sites (N-methyl/N-ethyl adjacent to an activating group) is 1. The SMILES string of the molecule is Br.CCCCCCCC/C=C\CCCCCCCC(=O)OCC(CN(C)C)OC(=O)CCCCCCC/C=C\CCCCCCCC. The predicted molar refractivity (Wildman–Crippen MR) is 209 cm³/mol. The maximum Gasteiger partial charge on any atom is 0.306 e. The van der Waals surface area contributed by atoms with Crippen LogP contribution in [0.2, 0.25) is 0 Å². The normalized spacial score (nSPS) is 12.2. The lowest BCUT2D eigenvalue weighted by atomic mass is 10.1. The standard InChI is InChI=1S/C41H77NO4.BrH/c1-5-7-9-11-13-15-17-19-21-23-25-27-29-31-33-35-40(43)45-38-39(37-42(3)4)46-41(44)36-34-32-30-28-26-24-22-20-18-16-14-12-10-8-6-2;/h19-22,39H,5-18,23-38H2,1-4H3;1H/b21-19-,22-20-;. The molecule has 0 aliphatic heterocycles. The zero-order chi connectivity index (χ0) is 33.8. The summed E-state index contributed by atoms with van der Waals surface area (Å²) in [7, 11) is 3.88. The van der Waals surface area contributed by atoms with Gasteiger partial charge in [0.2, 0.25) is 0 Å². The first-order valence-electron chi connectivity index (χ1n) is 19.8. The van der Waals surface area contributed by atoms with Gasteiger partial charge in [-0.1, -0.05) is 141 Å². The minimum absolute atomic E-state index is 0. The summed E-state index contributed by atoms with van der Waals surface area (Å²) in [5.41, 5.74) is 0. The van der Waals surface area contributed by atoms with Crippen molar-refractivity contribution < 1.29 is 19.1 Å². The van der Waals surface area contributed by atoms with Crippen LogP contribution in [0.25, 0.3) is 0 Å². The Morgan fingerprint density at radius 3 is 1.23 bits per heavy atom. The van der Waals surface area contributed by atoms with E-state index in [1.54, 1.807) is 0 Å². The molecule has 0 aromatic rings. The summed E-state index contributed by atoms with van der Waals surface area (Å²) in [5.74, 6) is -0.368. The highest BCUT2D eigenvalue weighted by Crippen LogP contribution is 2.13. The number of allylic oxidation sites excluding steroid dienone is 4. The van der Waals surface area contributed by atoms with Crippen LogP contribution in [0.15, 0.2) is 24.3 Å². The van der Waals surface area contributed by atoms with E-state index >= 15 is 0 Å². The molecular weight excluding hydrogens is 650 g/mol. The Morgan fingerprint density at radius 1 is 0.511 bits per heavy atom. The summed E-state index contributed by atoms with van der Waals surface area (Å²) in [6.07, 6.45) is 42.0. The van der Waals surface area contributed by atoms with E-state index in [0.717, 1.165) is 38.5 Å². The molecule has 0 N–H and O–H groups in total. The molecular formula is C41H78BrNO4. The Hall–Kier alpha value is -1.14. The largest absolute Gasteiger partial charge is 0.462 e. The molecule has 0 aliphatic carbocycles. The van der Waals surface area contributed by atoms with Crippen LogP contribution in [0.3, 0.4) is 0 Å². The third-order valence-corrected chi connectivity index (χ3v) is 8.58. The van der Waals surface area contributed by atoms with Gasteiger partial charge >= 0.3 is 11.9 Å². The lowest BCUT2D eigenvalue weighted by Gasteiger charge is -2.21. The molecule has 0 aromatic carbocycles. The Balaban J connectivity index is 0. The molecule has 0 saturated carbocycles. The summed E-state index contributed by atoms with van der Waals surface area (Å²) in [4.78, 5) is 26.7. The molecule has 5 nitrogen and oxygen atoms in total. The predicted octanol–water partition coefficient (Wildman–Crippen LogP) is 12.7. The van der Waals surface area contributed by atoms with Crippen molar-refractivity contribution in [1.29, 1.82) is 0 Å². The number of carbonyl (C=O) groups is 2. The zero-order valence-electron chi connectivity index (χ0n) is 31.6. The zero-order valence-corrected chi connectivity index (χ0v) is 33.3. The number of ether oxygens (including phenoxy) is 2. The third kappa shape index (κ3) is 39.2. The van der Waals surface area contributed by atoms with Gasteiger partial charge in [0, 0.05) is 19.4 Å². The summed E-state index contributed by atoms with van der Waals surface area (Å²) in [6.45, 7) is 5.23. The number of halogens is 1. The van der Waals surface area contributed by atoms with Crippen LogP contribution in [-0.2, 0) is 19.1 Å². The van der Waals surface area contributed by atoms with E-state index in [0.29, 0.717) is 19.4 Å². The Labute approximate surface area is 303 Å². The van der Waals surface area contributed by atoms with Crippen molar-refractivity contribution in [3.05, 3.63) is 24.3 Å². The second kappa shape index (κ2) is 39.3. The van der Waals surface area contributed by atoms with Gasteiger partial charge in [-0.15, -0.1) is 17.0 Å². The number of nitrogens with zero attached hydrogens (tertiary/aromatic N) is 1. The highest BCUT2D eigenvalue weighted by Gasteiger charge is 2.18. The van der Waals surface area contributed by atoms with Crippen molar-refractivity contribution >= 4 is 28.9 Å². The van der Waals surface area contributed by atoms with E-state index in [9.17, 15) is 9.59 Å². The van der Waals surface area contributed by atoms with Gasteiger partial charge in [-0.2, -0.15) is 0 Å². The van der Waals surface area contributed by atoms with Crippen molar-refractivity contribution in [2.24, 2.45) is 0 Å². The van der Waals surface area contributed by atoms with Crippen molar-refractivity contribution in [3.63, 3.8) is 0 Å². The summed E-state index contributed by atoms with van der Waals surface area (Å²) >= 11 is 0. The molecule has 0 aliphatic rings. The third-order valence-electron chi connectivity index (χ3n) is 8.58. The molecule has 0 amide bonds. The van der Waals surface area contributed by atoms with E-state index in [1.165, 1.54) is 128 Å². The minimum Gasteiger partial charge on any atom is -0.462 e. The van der Waals surface area contributed by atoms with Gasteiger partial charge in [0.15, 0.2) is 0 Å². The van der Waals surface area contributed by atoms with Gasteiger partial charge in [-0.3, -0.25) is 9.59 Å². The van der Waals surface area contributed by atoms with Crippen molar-refractivity contribution in [2.45, 2.75) is 200 Å². The lowest BCUT2D eigenvalue weighted by molar-refractivity contribution is -0.160. The fraction of sp³-hybridized carbons (Fsp3) is 0.854. The fourth-order valence-electron chi connectivity index (χ4n) is 5.71. The first kappa shape index (κ1) is 48.0. The molecule has 0 spiro atoms. The van der Waals surface area contributed by atoms with Gasteiger partial charge in [0.25, 0.3) is 0 Å². The van der Waals surface area contributed by atoms with Crippen LogP contribution >= 0.6 is 17.0 Å². The molecule has 0 heterocycles. The Morgan fingerprint density at radius 2 is 0.851 bits per heavy atom. The molecule has 0 bridgehead atoms. The molecule has 278 valence electrons. The van der Waals surface area contributed by atoms with Crippen LogP contribution in [0, 0.1) is 0 Å². The van der Waals surface area contributed by atoms with Gasteiger partial charge in [0.05, 0.1) is 0 Å². The van der Waals surface area contributed by atoms with Gasteiger partial charge in [-0.25, -0.2) is 0 Å². The van der Waals surface area contributed by atoms with E-state index in [-0.39, 0.29) is 35.5 Å². The smallest absolute Gasteiger partial charge is 0.306 e. The highest BCUT2D eigenvalue weighted by molar-refractivity contribution is 8.93. The molecule has 0 rings (SSSR count). The van der Waals surface area contributed by atoms with Crippen molar-refractivity contribution in [3.8, 4) is 0 Å². The average molecular weight is 729 g/mol. The van der Waals surface area contributed by atoms with Crippen LogP contribution in [0.4, 0.5) is 0 Å². The number of hydrogen-bond acceptors (Lipinski definition) is 5. The van der Waals surface area contributed by atoms with E-state index in [1.807, 2.05) is 19.0 Å². The highest BCUT2D eigenvalue weighted by atomic mass is 79.9. The van der Waals surface area contributed by atoms with E-state index < -0.39 is 6.10 Å². The van der Waals surface area contributed by atoms with E-state index in [4.69, 9.17) is 9.47 Å². The van der Waals surface area contributed by atoms with E-state index in [2.05, 4.69) is 38.2 Å². The second-order valence-corrected chi connectivity index (χ2v) is 13.7. The topological polar surface area (TPSA) is 55.8 Å². The van der Waals surface area contributed by atoms with Crippen molar-refractivity contribution in [1.82, 2.24) is 4.90 Å². The number of hydrogen-bond donors (Lipinski definition) is 0. The van der Waals surface area contributed by atoms with Gasteiger partial charge in [-0.05, 0) is 78.3 Å². The summed E-state index contributed by atoms with van der Waals surface area (Å²) in [6, 6.07) is 0. The molecule has 0 radical (unpaired) electrons. The Bertz CT molecular complexity index is 724. The summed E-state index contributed by atoms with van der Waals surface area (Å²) in [5, 5.41) is 0. The minimum atomic E-state index is -0.413. The monoisotopic (exact) mass is 728 g/mol. The maximum atomic E-state index is 12.4. The van der Waals surface area contributed by atoms with Crippen LogP contribution in [-0.4, -0.2) is 50.2 Å². The molecule has 47 heavy (non-hydrogen) atoms. The quantitative estimate of drug-likeness (QED) is 0.0369. The molecule has 1 atom stereocenters. The van der Waals surface area contributed by atoms with Crippen LogP contribution in [0.1, 0.15) is 194 Å². The number of carbonyl (C=O) groups excluding carboxylic acids is 2. The van der Waals surface area contributed by atoms with Crippen molar-refractivity contribution in [2.75, 3.05) is 27.2 Å². The van der Waals surface area contributed by atoms with Crippen LogP contribution in [0.5, 0.6) is 0 Å². The fourth-order valence-corrected chi connectivity index (χ4v) is 5.71. The number of rotatable bonds is 35. The lowest BCUT2D eigenvalue weighted by Crippen LogP contribution is -2.34. The van der Waals surface area contributed by atoms with Gasteiger partial charge in [0.1, 0.15) is 12.7 Å². The maximum absolute atomic E-state index is 12.4. The molecule has 0 fully saturated rings. The van der Waals surface area contributed by atoms with Crippen LogP contribution < -0.4 is 0 Å². The number of esters is 2. The summed E-state index contributed by atoms with van der Waals surface area (Å²) < 4.78 is 11.2.